The molecule has 3 aromatic rings. The van der Waals surface area contributed by atoms with E-state index in [-0.39, 0.29) is 5.92 Å². The first-order valence-electron chi connectivity index (χ1n) is 11.6. The summed E-state index contributed by atoms with van der Waals surface area (Å²) in [5, 5.41) is 22.7. The summed E-state index contributed by atoms with van der Waals surface area (Å²) in [6, 6.07) is 7.46. The predicted molar refractivity (Wildman–Crippen MR) is 132 cm³/mol. The Morgan fingerprint density at radius 3 is 2.88 bits per heavy atom. The molecule has 1 fully saturated rings. The molecule has 0 amide bonds. The Labute approximate surface area is 204 Å². The fourth-order valence-electron chi connectivity index (χ4n) is 4.75. The zero-order valence-electron chi connectivity index (χ0n) is 19.6. The van der Waals surface area contributed by atoms with Gasteiger partial charge in [0.2, 0.25) is 0 Å². The Kier molecular flexibility index (Phi) is 8.07. The van der Waals surface area contributed by atoms with E-state index in [0.29, 0.717) is 25.1 Å². The third kappa shape index (κ3) is 5.71. The highest BCUT2D eigenvalue weighted by Crippen LogP contribution is 2.34. The highest BCUT2D eigenvalue weighted by Gasteiger charge is 2.34. The number of carbonyl (C=O) groups is 1. The van der Waals surface area contributed by atoms with Gasteiger partial charge in [0.05, 0.1) is 24.6 Å². The van der Waals surface area contributed by atoms with Crippen molar-refractivity contribution in [3.63, 3.8) is 0 Å². The Morgan fingerprint density at radius 1 is 1.29 bits per heavy atom. The number of hydrogen-bond donors (Lipinski definition) is 2. The molecular weight excluding hydrogens is 452 g/mol. The molecule has 0 bridgehead atoms. The predicted octanol–water partition coefficient (Wildman–Crippen LogP) is 3.61. The van der Waals surface area contributed by atoms with E-state index in [1.54, 1.807) is 31.3 Å². The van der Waals surface area contributed by atoms with Gasteiger partial charge in [-0.2, -0.15) is 0 Å². The first-order chi connectivity index (χ1) is 16.5. The molecule has 3 heterocycles. The Morgan fingerprint density at radius 2 is 2.15 bits per heavy atom. The summed E-state index contributed by atoms with van der Waals surface area (Å²) in [7, 11) is 3.59. The highest BCUT2D eigenvalue weighted by molar-refractivity contribution is 7.99. The number of methoxy groups -OCH3 is 1. The van der Waals surface area contributed by atoms with E-state index in [0.717, 1.165) is 46.9 Å². The van der Waals surface area contributed by atoms with E-state index in [2.05, 4.69) is 14.9 Å². The van der Waals surface area contributed by atoms with Crippen molar-refractivity contribution in [1.29, 1.82) is 0 Å². The number of benzene rings is 1. The van der Waals surface area contributed by atoms with Crippen LogP contribution in [-0.2, 0) is 11.8 Å². The van der Waals surface area contributed by atoms with Crippen molar-refractivity contribution in [2.24, 2.45) is 18.9 Å². The zero-order valence-corrected chi connectivity index (χ0v) is 20.4. The number of fused-ring (bicyclic) bond motifs is 1. The number of aliphatic carboxylic acids is 1. The van der Waals surface area contributed by atoms with Crippen LogP contribution in [0.15, 0.2) is 48.0 Å². The molecule has 2 aromatic heterocycles. The van der Waals surface area contributed by atoms with Gasteiger partial charge in [0.25, 0.3) is 0 Å². The van der Waals surface area contributed by atoms with E-state index < -0.39 is 18.0 Å². The maximum Gasteiger partial charge on any atom is 0.308 e. The number of imidazole rings is 1. The summed E-state index contributed by atoms with van der Waals surface area (Å²) in [6.45, 7) is 2.26. The number of likely N-dealkylation sites (tertiary alicyclic amines) is 1. The summed E-state index contributed by atoms with van der Waals surface area (Å²) in [6.07, 6.45) is 6.74. The highest BCUT2D eigenvalue weighted by atomic mass is 32.2. The topological polar surface area (TPSA) is 101 Å². The van der Waals surface area contributed by atoms with Crippen LogP contribution in [0.5, 0.6) is 5.75 Å². The average molecular weight is 485 g/mol. The van der Waals surface area contributed by atoms with Gasteiger partial charge in [0.15, 0.2) is 5.16 Å². The SMILES string of the molecule is COc1ccc2nccc(C(O)CC[C@@H]3CCN(CCSc4nccn4C)C[C@@H]3C(=O)O)c2c1. The average Bonchev–Trinajstić information content (AvgIpc) is 3.26. The molecule has 8 nitrogen and oxygen atoms in total. The molecule has 2 N–H and O–H groups in total. The molecule has 9 heteroatoms. The maximum absolute atomic E-state index is 12.0. The number of piperidine rings is 1. The number of aromatic nitrogens is 3. The molecule has 3 atom stereocenters. The van der Waals surface area contributed by atoms with Gasteiger partial charge >= 0.3 is 5.97 Å². The van der Waals surface area contributed by atoms with Crippen molar-refractivity contribution in [3.05, 3.63) is 48.4 Å². The van der Waals surface area contributed by atoms with Crippen LogP contribution in [0, 0.1) is 11.8 Å². The number of carboxylic acid groups (broad SMARTS) is 1. The van der Waals surface area contributed by atoms with Crippen molar-refractivity contribution in [2.75, 3.05) is 32.5 Å². The number of aliphatic hydroxyl groups is 1. The van der Waals surface area contributed by atoms with Crippen molar-refractivity contribution in [1.82, 2.24) is 19.4 Å². The molecule has 1 saturated heterocycles. The molecule has 1 aliphatic heterocycles. The second-order valence-corrected chi connectivity index (χ2v) is 9.90. The van der Waals surface area contributed by atoms with Gasteiger partial charge in [-0.1, -0.05) is 11.8 Å². The zero-order chi connectivity index (χ0) is 24.1. The minimum absolute atomic E-state index is 0.0493. The van der Waals surface area contributed by atoms with Crippen LogP contribution in [0.4, 0.5) is 0 Å². The summed E-state index contributed by atoms with van der Waals surface area (Å²) in [5.74, 6) is 0.467. The number of pyridine rings is 1. The summed E-state index contributed by atoms with van der Waals surface area (Å²) >= 11 is 1.69. The van der Waals surface area contributed by atoms with Crippen LogP contribution in [-0.4, -0.2) is 68.1 Å². The van der Waals surface area contributed by atoms with E-state index in [1.165, 1.54) is 0 Å². The molecule has 0 saturated carbocycles. The van der Waals surface area contributed by atoms with Crippen LogP contribution in [0.3, 0.4) is 0 Å². The number of nitrogens with zero attached hydrogens (tertiary/aromatic N) is 4. The molecule has 0 spiro atoms. The number of thioether (sulfide) groups is 1. The van der Waals surface area contributed by atoms with E-state index in [4.69, 9.17) is 4.74 Å². The fourth-order valence-corrected chi connectivity index (χ4v) is 5.68. The Bertz CT molecular complexity index is 1120. The minimum atomic E-state index is -0.750. The number of aliphatic hydroxyl groups excluding tert-OH is 1. The second-order valence-electron chi connectivity index (χ2n) is 8.84. The number of aryl methyl sites for hydroxylation is 1. The smallest absolute Gasteiger partial charge is 0.308 e. The molecule has 0 aliphatic carbocycles. The maximum atomic E-state index is 12.0. The number of ether oxygens (including phenoxy) is 1. The third-order valence-corrected chi connectivity index (χ3v) is 7.76. The van der Waals surface area contributed by atoms with E-state index >= 15 is 0 Å². The fraction of sp³-hybridized carbons (Fsp3) is 0.480. The molecule has 4 rings (SSSR count). The number of rotatable bonds is 10. The van der Waals surface area contributed by atoms with Crippen LogP contribution in [0.25, 0.3) is 10.9 Å². The number of hydrogen-bond acceptors (Lipinski definition) is 7. The molecular formula is C25H32N4O4S. The minimum Gasteiger partial charge on any atom is -0.497 e. The van der Waals surface area contributed by atoms with Crippen molar-refractivity contribution >= 4 is 28.6 Å². The third-order valence-electron chi connectivity index (χ3n) is 6.73. The van der Waals surface area contributed by atoms with Gasteiger partial charge in [0.1, 0.15) is 5.75 Å². The monoisotopic (exact) mass is 484 g/mol. The molecule has 34 heavy (non-hydrogen) atoms. The second kappa shape index (κ2) is 11.2. The van der Waals surface area contributed by atoms with Crippen molar-refractivity contribution < 1.29 is 19.7 Å². The van der Waals surface area contributed by atoms with Gasteiger partial charge in [-0.3, -0.25) is 9.78 Å². The van der Waals surface area contributed by atoms with E-state index in [1.807, 2.05) is 42.1 Å². The quantitative estimate of drug-likeness (QED) is 0.421. The largest absolute Gasteiger partial charge is 0.497 e. The summed E-state index contributed by atoms with van der Waals surface area (Å²) in [4.78, 5) is 23.0. The van der Waals surface area contributed by atoms with E-state index in [9.17, 15) is 15.0 Å². The first-order valence-corrected chi connectivity index (χ1v) is 12.6. The van der Waals surface area contributed by atoms with Gasteiger partial charge in [-0.25, -0.2) is 4.98 Å². The standard InChI is InChI=1S/C25H32N4O4S/c1-28-12-10-27-25(28)34-14-13-29-11-8-17(21(16-29)24(31)32)3-6-23(30)19-7-9-26-22-5-4-18(33-2)15-20(19)22/h4-5,7,9-10,12,15,17,21,23,30H,3,6,8,11,13-14,16H2,1-2H3,(H,31,32)/t17-,21+,23?/m1/s1. The van der Waals surface area contributed by atoms with Gasteiger partial charge in [-0.15, -0.1) is 0 Å². The lowest BCUT2D eigenvalue weighted by Crippen LogP contribution is -2.44. The van der Waals surface area contributed by atoms with Crippen molar-refractivity contribution in [2.45, 2.75) is 30.5 Å². The Balaban J connectivity index is 1.34. The van der Waals surface area contributed by atoms with Gasteiger partial charge in [-0.05, 0) is 61.6 Å². The van der Waals surface area contributed by atoms with Crippen LogP contribution < -0.4 is 4.74 Å². The van der Waals surface area contributed by atoms with Gasteiger partial charge in [0, 0.05) is 49.9 Å². The molecule has 0 radical (unpaired) electrons. The van der Waals surface area contributed by atoms with Crippen molar-refractivity contribution in [3.8, 4) is 5.75 Å². The summed E-state index contributed by atoms with van der Waals surface area (Å²) in [5.41, 5.74) is 1.61. The van der Waals surface area contributed by atoms with Crippen LogP contribution in [0.1, 0.15) is 30.9 Å². The van der Waals surface area contributed by atoms with Crippen LogP contribution in [0.2, 0.25) is 0 Å². The normalized spacial score (nSPS) is 19.9. The molecule has 1 aliphatic rings. The molecule has 1 unspecified atom stereocenters. The lowest BCUT2D eigenvalue weighted by atomic mass is 9.81. The summed E-state index contributed by atoms with van der Waals surface area (Å²) < 4.78 is 7.32. The molecule has 1 aromatic carbocycles. The lowest BCUT2D eigenvalue weighted by Gasteiger charge is -2.36. The molecule has 182 valence electrons. The van der Waals surface area contributed by atoms with Gasteiger partial charge < -0.3 is 24.4 Å². The Hall–Kier alpha value is -2.62. The van der Waals surface area contributed by atoms with Crippen LogP contribution >= 0.6 is 11.8 Å². The first kappa shape index (κ1) is 24.5. The number of carboxylic acids is 1. The lowest BCUT2D eigenvalue weighted by molar-refractivity contribution is -0.146.